The predicted molar refractivity (Wildman–Crippen MR) is 426 cm³/mol. The molecule has 0 aromatic carbocycles. The van der Waals surface area contributed by atoms with Crippen LogP contribution in [0.25, 0.3) is 11.2 Å². The zero-order chi connectivity index (χ0) is 75.7. The van der Waals surface area contributed by atoms with Gasteiger partial charge in [-0.2, -0.15) is 4.98 Å². The Bertz CT molecular complexity index is 4680. The minimum absolute atomic E-state index is 0.00835. The molecule has 7 heterocycles. The summed E-state index contributed by atoms with van der Waals surface area (Å²) in [6, 6.07) is 1.08. The van der Waals surface area contributed by atoms with E-state index in [-0.39, 0.29) is 50.1 Å². The summed E-state index contributed by atoms with van der Waals surface area (Å²) >= 11 is 5.40. The number of anilines is 2. The molecule has 3 aliphatic carbocycles. The van der Waals surface area contributed by atoms with Gasteiger partial charge in [-0.1, -0.05) is 162 Å². The maximum absolute atomic E-state index is 12.8. The Balaban J connectivity index is 0.000000198. The van der Waals surface area contributed by atoms with Crippen LogP contribution in [0, 0.1) is 20.9 Å². The van der Waals surface area contributed by atoms with Crippen LogP contribution in [0.3, 0.4) is 0 Å². The number of hydrogen-bond acceptors (Lipinski definition) is 13. The molecule has 10 rings (SSSR count). The summed E-state index contributed by atoms with van der Waals surface area (Å²) in [6.07, 6.45) is 65.3. The molecule has 0 fully saturated rings. The summed E-state index contributed by atoms with van der Waals surface area (Å²) in [5, 5.41) is 5.75. The number of fused-ring (bicyclic) bond motifs is 2. The normalized spacial score (nSPS) is 19.8. The Labute approximate surface area is 620 Å². The Morgan fingerprint density at radius 1 is 0.587 bits per heavy atom. The third-order valence-corrected chi connectivity index (χ3v) is 19.7. The minimum atomic E-state index is -0.358. The highest BCUT2D eigenvalue weighted by Crippen LogP contribution is 2.48. The second-order valence-corrected chi connectivity index (χ2v) is 30.8. The monoisotopic (exact) mass is 1420 g/mol. The van der Waals surface area contributed by atoms with Crippen molar-refractivity contribution in [2.24, 2.45) is 21.2 Å². The standard InChI is InChI=1S/C29H34N6O.C28H33N7OS.C27H39N3O/c1-20(9-10-23-22(3)25(11-13-29(23,4)5)35-16-15-30-19-35)7-6-8-21(2)17-26(36)34-28-27-24(12-14-31-27)32-18-33-28;1-18(9-10-21-20(3)22(11-12-28(21,4)5)34-14-13-30-17-34)7-6-8-19(2)15-23(36)35-26(37)24-25(32-16-31-24)33-27(35)29;1-20(10-9-11-21(2)18-25(31)29-26(4,5)6)12-13-23-22(3)24(14-15-27(23,7)8)30-17-16-28-19-30/h6-10,14-19,25H,11-13H2,1-5H3,(H,32,33,34,36);6-10,13-17,22H,11-12H2,1-5H3,(H2,29,33)(H,31,32);9-13,16-19,24H,14-15H2,1-8H3,(H,29,31)/b8-6+,10-9+,20-7+,21-17+;8-6+,10-9+,18-7+,19-15+;11-9+,13-12+,20-10+,21-18+. The molecule has 0 bridgehead atoms. The number of aromatic amines is 1. The van der Waals surface area contributed by atoms with E-state index in [0.717, 1.165) is 72.1 Å². The summed E-state index contributed by atoms with van der Waals surface area (Å²) in [6.45, 7) is 38.5. The quantitative estimate of drug-likeness (QED) is 0.0336. The van der Waals surface area contributed by atoms with Crippen LogP contribution >= 0.6 is 12.2 Å². The number of carbonyl (C=O) groups is 3. The van der Waals surface area contributed by atoms with Gasteiger partial charge in [-0.3, -0.25) is 19.4 Å². The molecule has 4 aliphatic rings. The number of nitrogens with two attached hydrogens (primary N) is 1. The number of amides is 2. The highest BCUT2D eigenvalue weighted by atomic mass is 32.1. The molecule has 19 nitrogen and oxygen atoms in total. The van der Waals surface area contributed by atoms with E-state index in [1.54, 1.807) is 18.4 Å². The van der Waals surface area contributed by atoms with Crippen LogP contribution in [0.4, 0.5) is 17.5 Å². The van der Waals surface area contributed by atoms with E-state index in [1.807, 2.05) is 134 Å². The molecular formula is C84H106N16O3S. The average molecular weight is 1420 g/mol. The number of nitrogens with one attached hydrogen (secondary N) is 3. The van der Waals surface area contributed by atoms with Gasteiger partial charge in [0.1, 0.15) is 22.2 Å². The van der Waals surface area contributed by atoms with E-state index in [4.69, 9.17) is 18.0 Å². The van der Waals surface area contributed by atoms with E-state index < -0.39 is 0 Å². The first kappa shape index (κ1) is 79.4. The summed E-state index contributed by atoms with van der Waals surface area (Å²) in [5.74, 6) is -0.212. The molecule has 1 aliphatic heterocycles. The molecule has 20 heteroatoms. The molecule has 0 saturated heterocycles. The zero-order valence-corrected chi connectivity index (χ0v) is 64.9. The van der Waals surface area contributed by atoms with Gasteiger partial charge in [0.25, 0.3) is 5.91 Å². The molecule has 3 unspecified atom stereocenters. The molecule has 2 amide bonds. The summed E-state index contributed by atoms with van der Waals surface area (Å²) in [7, 11) is 0. The first-order valence-electron chi connectivity index (χ1n) is 35.7. The molecule has 0 spiro atoms. The lowest BCUT2D eigenvalue weighted by atomic mass is 9.71. The van der Waals surface area contributed by atoms with Crippen molar-refractivity contribution < 1.29 is 14.4 Å². The van der Waals surface area contributed by atoms with Crippen molar-refractivity contribution in [1.29, 1.82) is 0 Å². The maximum atomic E-state index is 12.8. The van der Waals surface area contributed by atoms with E-state index in [0.29, 0.717) is 47.2 Å². The number of aliphatic imine (C=N–C) groups is 1. The van der Waals surface area contributed by atoms with Gasteiger partial charge in [-0.05, 0) is 188 Å². The Kier molecular flexibility index (Phi) is 26.9. The third-order valence-electron chi connectivity index (χ3n) is 19.4. The van der Waals surface area contributed by atoms with Crippen molar-refractivity contribution in [1.82, 2.24) is 63.5 Å². The number of aromatic nitrogens is 12. The lowest BCUT2D eigenvalue weighted by Crippen LogP contribution is -2.39. The number of nitrogens with zero attached hydrogens (tertiary/aromatic N) is 12. The fourth-order valence-corrected chi connectivity index (χ4v) is 13.9. The van der Waals surface area contributed by atoms with Crippen LogP contribution in [-0.4, -0.2) is 87.6 Å². The Morgan fingerprint density at radius 3 is 1.42 bits per heavy atom. The van der Waals surface area contributed by atoms with Crippen LogP contribution < -0.4 is 16.4 Å². The van der Waals surface area contributed by atoms with E-state index >= 15 is 0 Å². The smallest absolute Gasteiger partial charge is 0.258 e. The lowest BCUT2D eigenvalue weighted by Gasteiger charge is -2.38. The van der Waals surface area contributed by atoms with Gasteiger partial charge in [-0.15, -0.1) is 0 Å². The van der Waals surface area contributed by atoms with Gasteiger partial charge in [0.05, 0.1) is 49.1 Å². The maximum Gasteiger partial charge on any atom is 0.258 e. The fraction of sp³-hybridized carbons (Fsp3) is 0.381. The SMILES string of the molecule is CC1=C(/C=C/C(C)=C/C=C/C(C)=C/C(=O)NC(C)(C)C)C(C)(C)CCC1n1ccnc1.CC1=C(/C=C/C(C)=C/C=C/C(C)=C/C(=O)Nc2ncnc3c2N=CC3)C(C)(C)CCC1n1ccnc1.CC1=C(/C=C/C(C)=C/C=C/C(C)=C/C(=O)n2c(N)nc3nc[nH]c3c2=S)C(C)(C)CCC1n1ccnc1. The molecular weight excluding hydrogens is 1310 g/mol. The molecule has 6 aromatic heterocycles. The molecule has 0 radical (unpaired) electrons. The Morgan fingerprint density at radius 2 is 1.01 bits per heavy atom. The summed E-state index contributed by atoms with van der Waals surface area (Å²) < 4.78 is 8.08. The number of nitrogen functional groups attached to an aromatic ring is 1. The van der Waals surface area contributed by atoms with Crippen LogP contribution in [0.2, 0.25) is 0 Å². The number of carbonyl (C=O) groups excluding carboxylic acids is 3. The fourth-order valence-electron chi connectivity index (χ4n) is 13.6. The highest BCUT2D eigenvalue weighted by Gasteiger charge is 2.35. The van der Waals surface area contributed by atoms with E-state index in [1.165, 1.54) is 62.3 Å². The number of imidazole rings is 4. The summed E-state index contributed by atoms with van der Waals surface area (Å²) in [5.41, 5.74) is 22.8. The van der Waals surface area contributed by atoms with Gasteiger partial charge in [0, 0.05) is 73.6 Å². The minimum Gasteiger partial charge on any atom is -0.369 e. The largest absolute Gasteiger partial charge is 0.369 e. The topological polar surface area (TPSA) is 239 Å². The van der Waals surface area contributed by atoms with Crippen molar-refractivity contribution in [3.05, 3.63) is 255 Å². The van der Waals surface area contributed by atoms with Crippen molar-refractivity contribution in [3.8, 4) is 0 Å². The first-order chi connectivity index (χ1) is 49.2. The van der Waals surface area contributed by atoms with Gasteiger partial charge >= 0.3 is 0 Å². The van der Waals surface area contributed by atoms with Crippen LogP contribution in [0.1, 0.15) is 192 Å². The number of hydrogen-bond donors (Lipinski definition) is 4. The van der Waals surface area contributed by atoms with Gasteiger partial charge in [0.2, 0.25) is 17.8 Å². The molecule has 3 atom stereocenters. The second-order valence-electron chi connectivity index (χ2n) is 30.4. The second kappa shape index (κ2) is 35.2. The van der Waals surface area contributed by atoms with Crippen molar-refractivity contribution in [2.75, 3.05) is 11.1 Å². The van der Waals surface area contributed by atoms with E-state index in [9.17, 15) is 14.4 Å². The third kappa shape index (κ3) is 21.6. The van der Waals surface area contributed by atoms with E-state index in [2.05, 4.69) is 207 Å². The number of allylic oxidation sites excluding steroid dienone is 28. The first-order valence-corrected chi connectivity index (χ1v) is 36.1. The molecule has 6 aromatic rings. The van der Waals surface area contributed by atoms with Gasteiger partial charge in [0.15, 0.2) is 11.5 Å². The van der Waals surface area contributed by atoms with Crippen molar-refractivity contribution >= 4 is 64.8 Å². The lowest BCUT2D eigenvalue weighted by molar-refractivity contribution is -0.118. The van der Waals surface area contributed by atoms with Crippen molar-refractivity contribution in [3.63, 3.8) is 0 Å². The molecule has 546 valence electrons. The van der Waals surface area contributed by atoms with Crippen LogP contribution in [0.15, 0.2) is 250 Å². The van der Waals surface area contributed by atoms with Gasteiger partial charge < -0.3 is 35.1 Å². The zero-order valence-electron chi connectivity index (χ0n) is 64.1. The number of rotatable bonds is 19. The molecule has 0 saturated carbocycles. The van der Waals surface area contributed by atoms with Crippen molar-refractivity contribution in [2.45, 2.75) is 193 Å². The molecule has 104 heavy (non-hydrogen) atoms. The average Bonchev–Trinajstić information content (AvgIpc) is 1.33. The Hall–Kier alpha value is -10.3. The number of H-pyrrole nitrogens is 1. The summed E-state index contributed by atoms with van der Waals surface area (Å²) in [4.78, 5) is 73.6. The predicted octanol–water partition coefficient (Wildman–Crippen LogP) is 19.0. The van der Waals surface area contributed by atoms with Gasteiger partial charge in [-0.25, -0.2) is 34.5 Å². The van der Waals surface area contributed by atoms with Crippen LogP contribution in [0.5, 0.6) is 0 Å². The van der Waals surface area contributed by atoms with Crippen LogP contribution in [-0.2, 0) is 16.0 Å². The molecule has 5 N–H and O–H groups in total. The highest BCUT2D eigenvalue weighted by molar-refractivity contribution is 7.71.